The molecule has 624 valence electrons. The van der Waals surface area contributed by atoms with E-state index in [4.69, 9.17) is 28.4 Å². The molecule has 17 unspecified atom stereocenters. The molecule has 19 heteroatoms. The van der Waals surface area contributed by atoms with Crippen molar-refractivity contribution in [3.05, 3.63) is 0 Å². The second-order valence-corrected chi connectivity index (χ2v) is 32.4. The van der Waals surface area contributed by atoms with Gasteiger partial charge in [-0.25, -0.2) is 0 Å². The number of nitrogens with one attached hydrogen (secondary N) is 1. The molecule has 0 aromatic rings. The van der Waals surface area contributed by atoms with Crippen molar-refractivity contribution in [3.63, 3.8) is 0 Å². The molecule has 12 N–H and O–H groups in total. The molecular weight excluding hydrogens is 1330 g/mol. The molecule has 3 rings (SSSR count). The van der Waals surface area contributed by atoms with E-state index >= 15 is 0 Å². The van der Waals surface area contributed by atoms with Crippen LogP contribution in [0.3, 0.4) is 0 Å². The minimum atomic E-state index is -1.97. The first-order valence-electron chi connectivity index (χ1n) is 44.8. The number of carbonyl (C=O) groups is 1. The van der Waals surface area contributed by atoms with E-state index in [0.717, 1.165) is 44.9 Å². The third-order valence-corrected chi connectivity index (χ3v) is 22.9. The number of hydrogen-bond acceptors (Lipinski definition) is 18. The Balaban J connectivity index is 1.32. The van der Waals surface area contributed by atoms with Gasteiger partial charge in [0.05, 0.1) is 38.6 Å². The Labute approximate surface area is 640 Å². The molecule has 0 aromatic carbocycles. The summed E-state index contributed by atoms with van der Waals surface area (Å²) in [5, 5.41) is 121. The Morgan fingerprint density at radius 3 is 0.829 bits per heavy atom. The van der Waals surface area contributed by atoms with Crippen LogP contribution >= 0.6 is 0 Å². The van der Waals surface area contributed by atoms with Crippen LogP contribution in [0.5, 0.6) is 0 Å². The summed E-state index contributed by atoms with van der Waals surface area (Å²) in [6.07, 6.45) is 53.6. The van der Waals surface area contributed by atoms with Crippen molar-refractivity contribution in [1.82, 2.24) is 5.32 Å². The zero-order valence-corrected chi connectivity index (χ0v) is 67.3. The van der Waals surface area contributed by atoms with Gasteiger partial charge in [0.2, 0.25) is 5.91 Å². The number of rotatable bonds is 74. The van der Waals surface area contributed by atoms with E-state index in [1.807, 2.05) is 0 Å². The van der Waals surface area contributed by atoms with Gasteiger partial charge < -0.3 is 89.9 Å². The van der Waals surface area contributed by atoms with Crippen LogP contribution in [0, 0.1) is 0 Å². The van der Waals surface area contributed by atoms with Gasteiger partial charge >= 0.3 is 0 Å². The molecule has 3 fully saturated rings. The highest BCUT2D eigenvalue weighted by molar-refractivity contribution is 5.76. The fraction of sp³-hybridized carbons (Fsp3) is 0.988. The maximum Gasteiger partial charge on any atom is 0.220 e. The molecule has 19 nitrogen and oxygen atoms in total. The number of carbonyl (C=O) groups excluding carboxylic acids is 1. The summed E-state index contributed by atoms with van der Waals surface area (Å²) in [5.41, 5.74) is 0. The maximum absolute atomic E-state index is 13.5. The molecule has 0 bridgehead atoms. The lowest BCUT2D eigenvalue weighted by Gasteiger charge is -2.48. The molecule has 3 aliphatic rings. The molecule has 0 radical (unpaired) electrons. The van der Waals surface area contributed by atoms with Crippen molar-refractivity contribution < 1.29 is 89.4 Å². The predicted molar refractivity (Wildman–Crippen MR) is 421 cm³/mol. The number of hydrogen-bond donors (Lipinski definition) is 12. The van der Waals surface area contributed by atoms with Gasteiger partial charge in [-0.2, -0.15) is 0 Å². The highest BCUT2D eigenvalue weighted by Crippen LogP contribution is 2.34. The van der Waals surface area contributed by atoms with E-state index in [0.29, 0.717) is 12.8 Å². The van der Waals surface area contributed by atoms with Crippen LogP contribution in [-0.4, -0.2) is 193 Å². The van der Waals surface area contributed by atoms with Crippen LogP contribution in [-0.2, 0) is 33.2 Å². The largest absolute Gasteiger partial charge is 0.394 e. The van der Waals surface area contributed by atoms with E-state index in [2.05, 4.69) is 19.2 Å². The zero-order valence-electron chi connectivity index (χ0n) is 67.3. The van der Waals surface area contributed by atoms with E-state index in [1.54, 1.807) is 0 Å². The Bertz CT molecular complexity index is 1890. The summed E-state index contributed by atoms with van der Waals surface area (Å²) < 4.78 is 34.6. The lowest BCUT2D eigenvalue weighted by Crippen LogP contribution is -2.66. The Morgan fingerprint density at radius 2 is 0.543 bits per heavy atom. The van der Waals surface area contributed by atoms with Gasteiger partial charge in [-0.1, -0.05) is 393 Å². The quantitative estimate of drug-likeness (QED) is 0.0252. The Hall–Kier alpha value is -1.21. The van der Waals surface area contributed by atoms with E-state index < -0.39 is 124 Å². The second kappa shape index (κ2) is 67.3. The number of amides is 1. The van der Waals surface area contributed by atoms with Crippen molar-refractivity contribution in [3.8, 4) is 0 Å². The SMILES string of the molecule is CCCCCCCCCCCCCCCCCCCCCCCCCCCCCCCCC(=O)NC(COC1OC(CO)C(OC2OC(CO)C(OC3OC(CO)C(O)C(O)C3O)C(O)C2O)C(O)C1O)C(O)CCCCCCCCCCCCCCCCCCCCCCCCCCCCCCCC. The number of unbranched alkanes of at least 4 members (excludes halogenated alkanes) is 58. The highest BCUT2D eigenvalue weighted by atomic mass is 16.8. The van der Waals surface area contributed by atoms with Gasteiger partial charge in [0.25, 0.3) is 0 Å². The predicted octanol–water partition coefficient (Wildman–Crippen LogP) is 16.5. The van der Waals surface area contributed by atoms with E-state index in [9.17, 15) is 61.0 Å². The molecular formula is C86H167NO18. The molecule has 105 heavy (non-hydrogen) atoms. The summed E-state index contributed by atoms with van der Waals surface area (Å²) >= 11 is 0. The molecule has 0 aliphatic carbocycles. The van der Waals surface area contributed by atoms with Crippen LogP contribution in [0.1, 0.15) is 412 Å². The first kappa shape index (κ1) is 98.0. The summed E-state index contributed by atoms with van der Waals surface area (Å²) in [7, 11) is 0. The van der Waals surface area contributed by atoms with Crippen molar-refractivity contribution in [2.45, 2.75) is 516 Å². The first-order chi connectivity index (χ1) is 51.3. The summed E-state index contributed by atoms with van der Waals surface area (Å²) in [5.74, 6) is -0.231. The van der Waals surface area contributed by atoms with Gasteiger partial charge in [0, 0.05) is 6.42 Å². The van der Waals surface area contributed by atoms with Crippen LogP contribution in [0.15, 0.2) is 0 Å². The van der Waals surface area contributed by atoms with Crippen LogP contribution < -0.4 is 5.32 Å². The maximum atomic E-state index is 13.5. The lowest BCUT2D eigenvalue weighted by molar-refractivity contribution is -0.379. The van der Waals surface area contributed by atoms with Gasteiger partial charge in [-0.3, -0.25) is 4.79 Å². The van der Waals surface area contributed by atoms with Crippen molar-refractivity contribution in [2.24, 2.45) is 0 Å². The fourth-order valence-electron chi connectivity index (χ4n) is 15.8. The zero-order chi connectivity index (χ0) is 76.0. The monoisotopic (exact) mass is 1500 g/mol. The summed E-state index contributed by atoms with van der Waals surface area (Å²) in [6, 6.07) is -0.884. The molecule has 3 saturated heterocycles. The topological polar surface area (TPSA) is 307 Å². The van der Waals surface area contributed by atoms with Crippen LogP contribution in [0.2, 0.25) is 0 Å². The highest BCUT2D eigenvalue weighted by Gasteiger charge is 2.54. The van der Waals surface area contributed by atoms with Gasteiger partial charge in [-0.15, -0.1) is 0 Å². The summed E-state index contributed by atoms with van der Waals surface area (Å²) in [4.78, 5) is 13.5. The molecule has 0 saturated carbocycles. The van der Waals surface area contributed by atoms with Gasteiger partial charge in [0.1, 0.15) is 73.2 Å². The molecule has 0 aromatic heterocycles. The average Bonchev–Trinajstić information content (AvgIpc) is 0.781. The molecule has 3 heterocycles. The third kappa shape index (κ3) is 46.5. The second-order valence-electron chi connectivity index (χ2n) is 32.4. The Kier molecular flexibility index (Phi) is 62.8. The van der Waals surface area contributed by atoms with Gasteiger partial charge in [0.15, 0.2) is 18.9 Å². The fourth-order valence-corrected chi connectivity index (χ4v) is 15.8. The first-order valence-corrected chi connectivity index (χ1v) is 44.8. The van der Waals surface area contributed by atoms with E-state index in [-0.39, 0.29) is 18.9 Å². The molecule has 3 aliphatic heterocycles. The molecule has 1 amide bonds. The minimum absolute atomic E-state index is 0.231. The number of aliphatic hydroxyl groups is 11. The number of ether oxygens (including phenoxy) is 6. The standard InChI is InChI=1S/C86H167NO18/c1-3-5-7-9-11-13-15-17-19-21-23-25-27-29-31-33-35-37-39-41-43-45-47-49-51-53-55-57-59-61-63-70(91)69(87-74(92)64-62-60-58-56-54-52-50-48-46-44-42-40-38-36-34-32-30-28-26-24-22-20-18-16-14-12-10-8-6-4-2)68-100-84-80(98)77(95)82(72(66-89)102-84)105-86-81(99)78(96)83(73(67-90)103-86)104-85-79(97)76(94)75(93)71(65-88)101-85/h69-73,75-86,88-91,93-99H,3-68H2,1-2H3,(H,87,92). The van der Waals surface area contributed by atoms with Crippen molar-refractivity contribution >= 4 is 5.91 Å². The smallest absolute Gasteiger partial charge is 0.220 e. The van der Waals surface area contributed by atoms with Crippen LogP contribution in [0.4, 0.5) is 0 Å². The van der Waals surface area contributed by atoms with Gasteiger partial charge in [-0.05, 0) is 12.8 Å². The van der Waals surface area contributed by atoms with Crippen molar-refractivity contribution in [2.75, 3.05) is 26.4 Å². The number of aliphatic hydroxyl groups excluding tert-OH is 11. The normalized spacial score (nSPS) is 25.7. The lowest BCUT2D eigenvalue weighted by atomic mass is 9.96. The average molecular weight is 1500 g/mol. The van der Waals surface area contributed by atoms with E-state index in [1.165, 1.54) is 334 Å². The Morgan fingerprint density at radius 1 is 0.305 bits per heavy atom. The van der Waals surface area contributed by atoms with Crippen LogP contribution in [0.25, 0.3) is 0 Å². The third-order valence-electron chi connectivity index (χ3n) is 22.9. The molecule has 17 atom stereocenters. The molecule has 0 spiro atoms. The summed E-state index contributed by atoms with van der Waals surface area (Å²) in [6.45, 7) is 1.89. The minimum Gasteiger partial charge on any atom is -0.394 e. The van der Waals surface area contributed by atoms with Crippen molar-refractivity contribution in [1.29, 1.82) is 0 Å².